The van der Waals surface area contributed by atoms with Crippen LogP contribution in [0.4, 0.5) is 0 Å². The van der Waals surface area contributed by atoms with E-state index >= 15 is 0 Å². The van der Waals surface area contributed by atoms with Crippen LogP contribution in [0.2, 0.25) is 5.15 Å². The zero-order valence-electron chi connectivity index (χ0n) is 13.5. The smallest absolute Gasteiger partial charge is 0.185 e. The maximum absolute atomic E-state index is 6.32. The van der Waals surface area contributed by atoms with Gasteiger partial charge in [0.2, 0.25) is 0 Å². The summed E-state index contributed by atoms with van der Waals surface area (Å²) in [6.07, 6.45) is 0. The van der Waals surface area contributed by atoms with Crippen molar-refractivity contribution in [2.75, 3.05) is 0 Å². The van der Waals surface area contributed by atoms with E-state index in [9.17, 15) is 0 Å². The molecule has 0 saturated heterocycles. The molecule has 0 aliphatic carbocycles. The summed E-state index contributed by atoms with van der Waals surface area (Å²) in [5.41, 5.74) is 1.71. The first-order chi connectivity index (χ1) is 12.7. The van der Waals surface area contributed by atoms with Crippen molar-refractivity contribution in [1.82, 2.24) is 25.2 Å². The Bertz CT molecular complexity index is 1050. The molecule has 0 atom stereocenters. The zero-order chi connectivity index (χ0) is 17.9. The second-order valence-corrected chi connectivity index (χ2v) is 7.94. The van der Waals surface area contributed by atoms with Crippen LogP contribution in [0.1, 0.15) is 11.4 Å². The predicted octanol–water partition coefficient (Wildman–Crippen LogP) is 4.98. The van der Waals surface area contributed by atoms with Crippen LogP contribution in [0.5, 0.6) is 0 Å². The molecule has 2 aromatic heterocycles. The quantitative estimate of drug-likeness (QED) is 0.320. The SMILES string of the molecule is Clc1nc2ccc(Br)cc2cc1Cn1nnc(CSc2ccccc2)n1. The minimum Gasteiger partial charge on any atom is -0.236 e. The number of pyridine rings is 1. The number of halogens is 2. The highest BCUT2D eigenvalue weighted by Gasteiger charge is 2.09. The Labute approximate surface area is 167 Å². The molecule has 130 valence electrons. The zero-order valence-corrected chi connectivity index (χ0v) is 16.7. The molecule has 0 aliphatic heterocycles. The van der Waals surface area contributed by atoms with Gasteiger partial charge in [0.25, 0.3) is 0 Å². The van der Waals surface area contributed by atoms with E-state index in [1.807, 2.05) is 42.5 Å². The summed E-state index contributed by atoms with van der Waals surface area (Å²) in [5, 5.41) is 14.2. The van der Waals surface area contributed by atoms with Crippen LogP contribution in [-0.4, -0.2) is 25.2 Å². The number of benzene rings is 2. The summed E-state index contributed by atoms with van der Waals surface area (Å²) in [4.78, 5) is 7.17. The van der Waals surface area contributed by atoms with E-state index in [4.69, 9.17) is 11.6 Å². The summed E-state index contributed by atoms with van der Waals surface area (Å²) in [6, 6.07) is 18.1. The summed E-state index contributed by atoms with van der Waals surface area (Å²) in [5.74, 6) is 1.35. The maximum Gasteiger partial charge on any atom is 0.185 e. The molecule has 8 heteroatoms. The van der Waals surface area contributed by atoms with Crippen molar-refractivity contribution in [3.05, 3.63) is 75.6 Å². The van der Waals surface area contributed by atoms with Gasteiger partial charge in [-0.3, -0.25) is 0 Å². The van der Waals surface area contributed by atoms with Gasteiger partial charge in [-0.1, -0.05) is 45.7 Å². The van der Waals surface area contributed by atoms with E-state index in [1.165, 1.54) is 4.90 Å². The summed E-state index contributed by atoms with van der Waals surface area (Å²) in [7, 11) is 0. The average Bonchev–Trinajstić information content (AvgIpc) is 3.09. The molecular formula is C18H13BrClN5S. The molecule has 2 heterocycles. The van der Waals surface area contributed by atoms with Crippen molar-refractivity contribution >= 4 is 50.2 Å². The lowest BCUT2D eigenvalue weighted by molar-refractivity contribution is 0.570. The molecule has 0 saturated carbocycles. The van der Waals surface area contributed by atoms with Crippen LogP contribution in [0.3, 0.4) is 0 Å². The second-order valence-electron chi connectivity index (χ2n) is 5.61. The fraction of sp³-hybridized carbons (Fsp3) is 0.111. The number of rotatable bonds is 5. The van der Waals surface area contributed by atoms with Gasteiger partial charge in [0.15, 0.2) is 5.82 Å². The third-order valence-electron chi connectivity index (χ3n) is 3.72. The van der Waals surface area contributed by atoms with E-state index in [0.29, 0.717) is 23.3 Å². The molecule has 26 heavy (non-hydrogen) atoms. The molecule has 2 aromatic carbocycles. The summed E-state index contributed by atoms with van der Waals surface area (Å²) >= 11 is 11.5. The summed E-state index contributed by atoms with van der Waals surface area (Å²) in [6.45, 7) is 0.428. The van der Waals surface area contributed by atoms with Gasteiger partial charge in [-0.15, -0.1) is 22.0 Å². The highest BCUT2D eigenvalue weighted by atomic mass is 79.9. The number of nitrogens with zero attached hydrogens (tertiary/aromatic N) is 5. The van der Waals surface area contributed by atoms with Gasteiger partial charge in [0, 0.05) is 20.3 Å². The van der Waals surface area contributed by atoms with E-state index in [0.717, 1.165) is 20.9 Å². The topological polar surface area (TPSA) is 56.5 Å². The van der Waals surface area contributed by atoms with Gasteiger partial charge in [-0.2, -0.15) is 4.80 Å². The van der Waals surface area contributed by atoms with Crippen molar-refractivity contribution < 1.29 is 0 Å². The minimum absolute atomic E-state index is 0.428. The lowest BCUT2D eigenvalue weighted by atomic mass is 10.1. The molecule has 4 aromatic rings. The molecule has 0 radical (unpaired) electrons. The highest BCUT2D eigenvalue weighted by molar-refractivity contribution is 9.10. The second kappa shape index (κ2) is 7.73. The largest absolute Gasteiger partial charge is 0.236 e. The number of fused-ring (bicyclic) bond motifs is 1. The molecule has 0 aliphatic rings. The molecule has 0 fully saturated rings. The monoisotopic (exact) mass is 445 g/mol. The van der Waals surface area contributed by atoms with Crippen LogP contribution < -0.4 is 0 Å². The first-order valence-corrected chi connectivity index (χ1v) is 10.0. The fourth-order valence-corrected chi connectivity index (χ4v) is 3.84. The van der Waals surface area contributed by atoms with Crippen LogP contribution in [0.25, 0.3) is 10.9 Å². The number of thioether (sulfide) groups is 1. The first-order valence-electron chi connectivity index (χ1n) is 7.86. The molecule has 5 nitrogen and oxygen atoms in total. The normalized spacial score (nSPS) is 11.2. The van der Waals surface area contributed by atoms with E-state index in [-0.39, 0.29) is 0 Å². The standard InChI is InChI=1S/C18H13BrClN5S/c19-14-6-7-16-12(9-14)8-13(18(20)21-16)10-25-23-17(22-24-25)11-26-15-4-2-1-3-5-15/h1-9H,10-11H2. The molecule has 0 amide bonds. The van der Waals surface area contributed by atoms with Crippen LogP contribution in [0.15, 0.2) is 64.0 Å². The lowest BCUT2D eigenvalue weighted by Gasteiger charge is -2.05. The Morgan fingerprint density at radius 2 is 1.92 bits per heavy atom. The molecule has 0 N–H and O–H groups in total. The van der Waals surface area contributed by atoms with Crippen LogP contribution in [0, 0.1) is 0 Å². The number of tetrazole rings is 1. The Kier molecular flexibility index (Phi) is 5.19. The van der Waals surface area contributed by atoms with E-state index in [2.05, 4.69) is 48.5 Å². The Balaban J connectivity index is 1.50. The van der Waals surface area contributed by atoms with Gasteiger partial charge in [-0.25, -0.2) is 4.98 Å². The molecule has 4 rings (SSSR count). The summed E-state index contributed by atoms with van der Waals surface area (Å²) < 4.78 is 0.999. The Morgan fingerprint density at radius 3 is 2.77 bits per heavy atom. The average molecular weight is 447 g/mol. The fourth-order valence-electron chi connectivity index (χ4n) is 2.50. The van der Waals surface area contributed by atoms with Gasteiger partial charge >= 0.3 is 0 Å². The van der Waals surface area contributed by atoms with Crippen molar-refractivity contribution in [2.45, 2.75) is 17.2 Å². The van der Waals surface area contributed by atoms with Gasteiger partial charge in [0.05, 0.1) is 17.8 Å². The maximum atomic E-state index is 6.32. The van der Waals surface area contributed by atoms with Gasteiger partial charge in [-0.05, 0) is 41.6 Å². The lowest BCUT2D eigenvalue weighted by Crippen LogP contribution is -2.05. The van der Waals surface area contributed by atoms with Crippen molar-refractivity contribution in [3.63, 3.8) is 0 Å². The molecular weight excluding hydrogens is 434 g/mol. The van der Waals surface area contributed by atoms with Gasteiger partial charge in [0.1, 0.15) is 5.15 Å². The Morgan fingerprint density at radius 1 is 1.08 bits per heavy atom. The predicted molar refractivity (Wildman–Crippen MR) is 107 cm³/mol. The van der Waals surface area contributed by atoms with Crippen LogP contribution in [-0.2, 0) is 12.3 Å². The van der Waals surface area contributed by atoms with Crippen molar-refractivity contribution in [2.24, 2.45) is 0 Å². The van der Waals surface area contributed by atoms with Crippen LogP contribution >= 0.6 is 39.3 Å². The molecule has 0 spiro atoms. The Hall–Kier alpha value is -1.96. The van der Waals surface area contributed by atoms with Crippen molar-refractivity contribution in [1.29, 1.82) is 0 Å². The molecule has 0 bridgehead atoms. The van der Waals surface area contributed by atoms with E-state index < -0.39 is 0 Å². The third kappa shape index (κ3) is 4.06. The minimum atomic E-state index is 0.428. The first kappa shape index (κ1) is 17.5. The third-order valence-corrected chi connectivity index (χ3v) is 5.55. The molecule has 0 unspecified atom stereocenters. The van der Waals surface area contributed by atoms with Crippen molar-refractivity contribution in [3.8, 4) is 0 Å². The number of aromatic nitrogens is 5. The van der Waals surface area contributed by atoms with Gasteiger partial charge < -0.3 is 0 Å². The number of hydrogen-bond donors (Lipinski definition) is 0. The highest BCUT2D eigenvalue weighted by Crippen LogP contribution is 2.24. The van der Waals surface area contributed by atoms with E-state index in [1.54, 1.807) is 16.6 Å². The number of hydrogen-bond acceptors (Lipinski definition) is 5.